The Bertz CT molecular complexity index is 446. The van der Waals surface area contributed by atoms with Crippen LogP contribution in [0, 0.1) is 0 Å². The molecule has 1 unspecified atom stereocenters. The lowest BCUT2D eigenvalue weighted by Gasteiger charge is -2.29. The van der Waals surface area contributed by atoms with Crippen molar-refractivity contribution in [1.82, 2.24) is 5.32 Å². The average molecular weight is 278 g/mol. The number of amides is 1. The van der Waals surface area contributed by atoms with E-state index in [9.17, 15) is 4.79 Å². The minimum Gasteiger partial charge on any atom is -0.494 e. The van der Waals surface area contributed by atoms with Gasteiger partial charge in [0, 0.05) is 12.5 Å². The summed E-state index contributed by atoms with van der Waals surface area (Å²) in [6, 6.07) is 8.19. The molecule has 3 N–H and O–H groups in total. The van der Waals surface area contributed by atoms with Gasteiger partial charge in [-0.1, -0.05) is 19.1 Å². The molecule has 0 bridgehead atoms. The first-order chi connectivity index (χ1) is 9.37. The molecule has 0 aliphatic heterocycles. The Morgan fingerprint density at radius 1 is 1.45 bits per heavy atom. The fraction of sp³-hybridized carbons (Fsp3) is 0.562. The predicted molar refractivity (Wildman–Crippen MR) is 81.8 cm³/mol. The number of aryl methyl sites for hydroxylation is 1. The number of hydrogen-bond acceptors (Lipinski definition) is 3. The second kappa shape index (κ2) is 7.29. The van der Waals surface area contributed by atoms with Crippen molar-refractivity contribution in [2.45, 2.75) is 52.1 Å². The summed E-state index contributed by atoms with van der Waals surface area (Å²) in [5.74, 6) is 0.484. The average Bonchev–Trinajstić information content (AvgIpc) is 2.38. The Morgan fingerprint density at radius 2 is 2.15 bits per heavy atom. The molecule has 0 saturated carbocycles. The maximum atomic E-state index is 11.6. The van der Waals surface area contributed by atoms with E-state index >= 15 is 0 Å². The molecule has 1 rings (SSSR count). The number of carbonyl (C=O) groups excluding carboxylic acids is 1. The van der Waals surface area contributed by atoms with Gasteiger partial charge in [-0.3, -0.25) is 4.79 Å². The van der Waals surface area contributed by atoms with Gasteiger partial charge in [0.05, 0.1) is 12.1 Å². The van der Waals surface area contributed by atoms with Crippen LogP contribution in [0.1, 0.15) is 39.7 Å². The van der Waals surface area contributed by atoms with Crippen LogP contribution in [0.3, 0.4) is 0 Å². The zero-order chi connectivity index (χ0) is 15.2. The van der Waals surface area contributed by atoms with Crippen LogP contribution in [-0.4, -0.2) is 24.1 Å². The van der Waals surface area contributed by atoms with Gasteiger partial charge >= 0.3 is 0 Å². The molecule has 1 aromatic rings. The van der Waals surface area contributed by atoms with E-state index in [1.165, 1.54) is 5.56 Å². The summed E-state index contributed by atoms with van der Waals surface area (Å²) in [6.07, 6.45) is 1.52. The van der Waals surface area contributed by atoms with Gasteiger partial charge in [-0.15, -0.1) is 0 Å². The van der Waals surface area contributed by atoms with Gasteiger partial charge in [0.25, 0.3) is 0 Å². The first-order valence-corrected chi connectivity index (χ1v) is 7.16. The zero-order valence-corrected chi connectivity index (χ0v) is 12.9. The highest BCUT2D eigenvalue weighted by Crippen LogP contribution is 2.16. The van der Waals surface area contributed by atoms with Crippen LogP contribution in [-0.2, 0) is 11.2 Å². The summed E-state index contributed by atoms with van der Waals surface area (Å²) >= 11 is 0. The zero-order valence-electron chi connectivity index (χ0n) is 12.9. The van der Waals surface area contributed by atoms with Crippen molar-refractivity contribution in [3.63, 3.8) is 0 Å². The number of primary amides is 1. The molecule has 1 amide bonds. The molecule has 0 saturated heterocycles. The minimum atomic E-state index is -0.740. The van der Waals surface area contributed by atoms with Gasteiger partial charge < -0.3 is 15.8 Å². The summed E-state index contributed by atoms with van der Waals surface area (Å²) in [5, 5.41) is 3.21. The number of nitrogens with two attached hydrogens (primary N) is 1. The van der Waals surface area contributed by atoms with E-state index in [1.807, 2.05) is 39.0 Å². The van der Waals surface area contributed by atoms with Crippen molar-refractivity contribution in [3.05, 3.63) is 29.8 Å². The van der Waals surface area contributed by atoms with Gasteiger partial charge in [0.2, 0.25) is 5.91 Å². The normalized spacial score (nSPS) is 14.1. The second-order valence-corrected chi connectivity index (χ2v) is 5.59. The maximum Gasteiger partial charge on any atom is 0.237 e. The van der Waals surface area contributed by atoms with Crippen LogP contribution in [0.25, 0.3) is 0 Å². The summed E-state index contributed by atoms with van der Waals surface area (Å²) in [6.45, 7) is 8.36. The van der Waals surface area contributed by atoms with E-state index in [0.29, 0.717) is 13.0 Å². The van der Waals surface area contributed by atoms with Crippen LogP contribution in [0.15, 0.2) is 24.3 Å². The Labute approximate surface area is 121 Å². The van der Waals surface area contributed by atoms with Gasteiger partial charge in [0.1, 0.15) is 5.75 Å². The van der Waals surface area contributed by atoms with Gasteiger partial charge in [-0.25, -0.2) is 0 Å². The number of ether oxygens (including phenoxy) is 1. The molecule has 0 aliphatic carbocycles. The molecule has 4 nitrogen and oxygen atoms in total. The Hall–Kier alpha value is -1.55. The Balaban J connectivity index is 2.58. The molecule has 0 aromatic heterocycles. The van der Waals surface area contributed by atoms with Crippen LogP contribution >= 0.6 is 0 Å². The maximum absolute atomic E-state index is 11.6. The smallest absolute Gasteiger partial charge is 0.237 e. The lowest BCUT2D eigenvalue weighted by Crippen LogP contribution is -2.56. The van der Waals surface area contributed by atoms with E-state index in [2.05, 4.69) is 18.3 Å². The Kier molecular flexibility index (Phi) is 6.02. The van der Waals surface area contributed by atoms with E-state index in [-0.39, 0.29) is 11.9 Å². The van der Waals surface area contributed by atoms with Crippen molar-refractivity contribution in [1.29, 1.82) is 0 Å². The second-order valence-electron chi connectivity index (χ2n) is 5.59. The number of nitrogens with one attached hydrogen (secondary N) is 1. The van der Waals surface area contributed by atoms with Crippen molar-refractivity contribution in [3.8, 4) is 5.75 Å². The summed E-state index contributed by atoms with van der Waals surface area (Å²) < 4.78 is 5.73. The highest BCUT2D eigenvalue weighted by Gasteiger charge is 2.31. The standard InChI is InChI=1S/C16H26N2O2/c1-5-13-7-6-8-14(11-13)20-10-9-16(4,15(17)19)18-12(2)3/h6-8,11-12,18H,5,9-10H2,1-4H3,(H2,17,19). The van der Waals surface area contributed by atoms with Crippen molar-refractivity contribution in [2.24, 2.45) is 5.73 Å². The molecule has 0 aliphatic rings. The monoisotopic (exact) mass is 278 g/mol. The summed E-state index contributed by atoms with van der Waals surface area (Å²) in [7, 11) is 0. The topological polar surface area (TPSA) is 64.3 Å². The third-order valence-corrected chi connectivity index (χ3v) is 3.33. The van der Waals surface area contributed by atoms with E-state index < -0.39 is 5.54 Å². The molecule has 0 heterocycles. The molecule has 0 spiro atoms. The van der Waals surface area contributed by atoms with Crippen LogP contribution in [0.2, 0.25) is 0 Å². The van der Waals surface area contributed by atoms with Crippen molar-refractivity contribution < 1.29 is 9.53 Å². The van der Waals surface area contributed by atoms with Gasteiger partial charge in [-0.05, 0) is 44.9 Å². The quantitative estimate of drug-likeness (QED) is 0.766. The molecule has 0 radical (unpaired) electrons. The molecule has 0 fully saturated rings. The Morgan fingerprint density at radius 3 is 2.70 bits per heavy atom. The van der Waals surface area contributed by atoms with Crippen LogP contribution < -0.4 is 15.8 Å². The number of hydrogen-bond donors (Lipinski definition) is 2. The minimum absolute atomic E-state index is 0.191. The van der Waals surface area contributed by atoms with Crippen molar-refractivity contribution >= 4 is 5.91 Å². The van der Waals surface area contributed by atoms with Crippen molar-refractivity contribution in [2.75, 3.05) is 6.61 Å². The highest BCUT2D eigenvalue weighted by atomic mass is 16.5. The number of carbonyl (C=O) groups is 1. The van der Waals surface area contributed by atoms with Gasteiger partial charge in [-0.2, -0.15) is 0 Å². The largest absolute Gasteiger partial charge is 0.494 e. The highest BCUT2D eigenvalue weighted by molar-refractivity contribution is 5.84. The van der Waals surface area contributed by atoms with E-state index in [1.54, 1.807) is 0 Å². The predicted octanol–water partition coefficient (Wildman–Crippen LogP) is 2.26. The first-order valence-electron chi connectivity index (χ1n) is 7.16. The first kappa shape index (κ1) is 16.5. The molecular formula is C16H26N2O2. The number of rotatable bonds is 8. The third kappa shape index (κ3) is 4.85. The molecule has 4 heteroatoms. The van der Waals surface area contributed by atoms with Crippen LogP contribution in [0.4, 0.5) is 0 Å². The molecule has 1 atom stereocenters. The molecule has 20 heavy (non-hydrogen) atoms. The molecule has 1 aromatic carbocycles. The lowest BCUT2D eigenvalue weighted by atomic mass is 9.96. The van der Waals surface area contributed by atoms with Crippen LogP contribution in [0.5, 0.6) is 5.75 Å². The molecular weight excluding hydrogens is 252 g/mol. The summed E-state index contributed by atoms with van der Waals surface area (Å²) in [5.41, 5.74) is 5.98. The SMILES string of the molecule is CCc1cccc(OCCC(C)(NC(C)C)C(N)=O)c1. The molecule has 112 valence electrons. The fourth-order valence-corrected chi connectivity index (χ4v) is 2.13. The van der Waals surface area contributed by atoms with Gasteiger partial charge in [0.15, 0.2) is 0 Å². The summed E-state index contributed by atoms with van der Waals surface area (Å²) in [4.78, 5) is 11.6. The van der Waals surface area contributed by atoms with E-state index in [0.717, 1.165) is 12.2 Å². The lowest BCUT2D eigenvalue weighted by molar-refractivity contribution is -0.124. The fourth-order valence-electron chi connectivity index (χ4n) is 2.13. The number of benzene rings is 1. The van der Waals surface area contributed by atoms with E-state index in [4.69, 9.17) is 10.5 Å². The third-order valence-electron chi connectivity index (χ3n) is 3.33.